The molecule has 106 valence electrons. The Bertz CT molecular complexity index is 697. The Labute approximate surface area is 121 Å². The van der Waals surface area contributed by atoms with E-state index in [-0.39, 0.29) is 11.9 Å². The Morgan fingerprint density at radius 2 is 2.43 bits per heavy atom. The topological polar surface area (TPSA) is 104 Å². The molecule has 3 rings (SSSR count). The number of nitrogens with one attached hydrogen (secondary N) is 2. The molecule has 0 radical (unpaired) electrons. The summed E-state index contributed by atoms with van der Waals surface area (Å²) < 4.78 is 5.12. The Kier molecular flexibility index (Phi) is 3.62. The quantitative estimate of drug-likeness (QED) is 0.887. The van der Waals surface area contributed by atoms with Crippen molar-refractivity contribution in [2.24, 2.45) is 0 Å². The number of aromatic nitrogens is 2. The van der Waals surface area contributed by atoms with E-state index in [1.54, 1.807) is 24.3 Å². The number of amides is 1. The molecule has 1 fully saturated rings. The molecule has 0 spiro atoms. The second-order valence-electron chi connectivity index (χ2n) is 4.75. The first-order valence-corrected chi connectivity index (χ1v) is 6.65. The molecule has 1 unspecified atom stereocenters. The predicted octanol–water partition coefficient (Wildman–Crippen LogP) is 1.62. The summed E-state index contributed by atoms with van der Waals surface area (Å²) in [5.74, 6) is -0.0393. The second-order valence-corrected chi connectivity index (χ2v) is 4.75. The van der Waals surface area contributed by atoms with Crippen LogP contribution in [0.5, 0.6) is 0 Å². The van der Waals surface area contributed by atoms with Gasteiger partial charge in [0.1, 0.15) is 0 Å². The number of hydrogen-bond acceptors (Lipinski definition) is 6. The van der Waals surface area contributed by atoms with Gasteiger partial charge in [-0.25, -0.2) is 0 Å². The van der Waals surface area contributed by atoms with Gasteiger partial charge in [-0.3, -0.25) is 4.79 Å². The van der Waals surface area contributed by atoms with Crippen LogP contribution >= 0.6 is 0 Å². The summed E-state index contributed by atoms with van der Waals surface area (Å²) in [5.41, 5.74) is 0.987. The minimum Gasteiger partial charge on any atom is -0.337 e. The average Bonchev–Trinajstić information content (AvgIpc) is 3.18. The van der Waals surface area contributed by atoms with E-state index in [0.717, 1.165) is 19.4 Å². The molecule has 7 nitrogen and oxygen atoms in total. The molecule has 0 bridgehead atoms. The fraction of sp³-hybridized carbons (Fsp3) is 0.286. The van der Waals surface area contributed by atoms with Crippen LogP contribution in [0.2, 0.25) is 0 Å². The molecule has 2 N–H and O–H groups in total. The summed E-state index contributed by atoms with van der Waals surface area (Å²) >= 11 is 0. The highest BCUT2D eigenvalue weighted by atomic mass is 16.5. The van der Waals surface area contributed by atoms with Crippen molar-refractivity contribution in [3.8, 4) is 6.07 Å². The number of benzene rings is 1. The fourth-order valence-electron chi connectivity index (χ4n) is 2.22. The second kappa shape index (κ2) is 5.73. The molecule has 1 atom stereocenters. The van der Waals surface area contributed by atoms with Crippen LogP contribution in [0.1, 0.15) is 41.0 Å². The first-order chi connectivity index (χ1) is 10.3. The number of rotatable bonds is 3. The minimum atomic E-state index is -0.460. The van der Waals surface area contributed by atoms with Gasteiger partial charge in [0.2, 0.25) is 5.89 Å². The van der Waals surface area contributed by atoms with Gasteiger partial charge in [-0.05, 0) is 37.6 Å². The summed E-state index contributed by atoms with van der Waals surface area (Å²) in [6.45, 7) is 0.912. The van der Waals surface area contributed by atoms with E-state index >= 15 is 0 Å². The third-order valence-corrected chi connectivity index (χ3v) is 3.25. The molecular weight excluding hydrogens is 270 g/mol. The largest absolute Gasteiger partial charge is 0.337 e. The lowest BCUT2D eigenvalue weighted by molar-refractivity contribution is 0.101. The van der Waals surface area contributed by atoms with Crippen molar-refractivity contribution >= 4 is 11.6 Å². The normalized spacial score (nSPS) is 17.4. The lowest BCUT2D eigenvalue weighted by Crippen LogP contribution is -2.15. The molecule has 2 heterocycles. The molecule has 1 saturated heterocycles. The summed E-state index contributed by atoms with van der Waals surface area (Å²) in [7, 11) is 0. The molecule has 0 aliphatic carbocycles. The summed E-state index contributed by atoms with van der Waals surface area (Å²) in [5, 5.41) is 18.4. The standard InChI is InChI=1S/C14H13N5O2/c15-8-9-3-1-4-10(7-9)17-13(20)12-18-14(21-19-12)11-5-2-6-16-11/h1,3-4,7,11,16H,2,5-6H2,(H,17,20). The van der Waals surface area contributed by atoms with Crippen LogP contribution in [0.25, 0.3) is 0 Å². The highest BCUT2D eigenvalue weighted by Gasteiger charge is 2.24. The van der Waals surface area contributed by atoms with Crippen LogP contribution in [0.15, 0.2) is 28.8 Å². The number of nitriles is 1. The third kappa shape index (κ3) is 2.90. The number of hydrogen-bond donors (Lipinski definition) is 2. The molecule has 1 aromatic carbocycles. The molecule has 1 aliphatic rings. The van der Waals surface area contributed by atoms with E-state index in [1.165, 1.54) is 0 Å². The smallest absolute Gasteiger partial charge is 0.297 e. The summed E-state index contributed by atoms with van der Waals surface area (Å²) in [6.07, 6.45) is 1.98. The van der Waals surface area contributed by atoms with E-state index in [1.807, 2.05) is 6.07 Å². The van der Waals surface area contributed by atoms with Crippen molar-refractivity contribution in [2.45, 2.75) is 18.9 Å². The highest BCUT2D eigenvalue weighted by molar-refractivity contribution is 6.01. The molecule has 7 heteroatoms. The van der Waals surface area contributed by atoms with E-state index in [9.17, 15) is 4.79 Å². The number of carbonyl (C=O) groups is 1. The lowest BCUT2D eigenvalue weighted by atomic mass is 10.2. The van der Waals surface area contributed by atoms with Crippen LogP contribution in [0.4, 0.5) is 5.69 Å². The zero-order chi connectivity index (χ0) is 14.7. The molecule has 1 aromatic heterocycles. The molecule has 1 amide bonds. The van der Waals surface area contributed by atoms with Gasteiger partial charge in [0.05, 0.1) is 17.7 Å². The summed E-state index contributed by atoms with van der Waals surface area (Å²) in [6, 6.07) is 8.67. The first kappa shape index (κ1) is 13.3. The monoisotopic (exact) mass is 283 g/mol. The molecule has 1 aliphatic heterocycles. The van der Waals surface area contributed by atoms with Gasteiger partial charge in [-0.2, -0.15) is 10.2 Å². The summed E-state index contributed by atoms with van der Waals surface area (Å²) in [4.78, 5) is 16.2. The van der Waals surface area contributed by atoms with Gasteiger partial charge in [0, 0.05) is 5.69 Å². The number of nitrogens with zero attached hydrogens (tertiary/aromatic N) is 3. The van der Waals surface area contributed by atoms with Gasteiger partial charge in [-0.15, -0.1) is 0 Å². The maximum Gasteiger partial charge on any atom is 0.297 e. The maximum absolute atomic E-state index is 12.0. The van der Waals surface area contributed by atoms with E-state index < -0.39 is 5.91 Å². The van der Waals surface area contributed by atoms with Crippen molar-refractivity contribution in [3.63, 3.8) is 0 Å². The van der Waals surface area contributed by atoms with Gasteiger partial charge < -0.3 is 15.2 Å². The minimum absolute atomic E-state index is 0.0129. The van der Waals surface area contributed by atoms with Crippen molar-refractivity contribution < 1.29 is 9.32 Å². The Hall–Kier alpha value is -2.72. The van der Waals surface area contributed by atoms with Crippen LogP contribution in [0.3, 0.4) is 0 Å². The lowest BCUT2D eigenvalue weighted by Gasteiger charge is -2.02. The molecule has 21 heavy (non-hydrogen) atoms. The maximum atomic E-state index is 12.0. The predicted molar refractivity (Wildman–Crippen MR) is 73.4 cm³/mol. The van der Waals surface area contributed by atoms with E-state index in [4.69, 9.17) is 9.78 Å². The Morgan fingerprint density at radius 3 is 3.19 bits per heavy atom. The third-order valence-electron chi connectivity index (χ3n) is 3.25. The van der Waals surface area contributed by atoms with Crippen LogP contribution in [-0.4, -0.2) is 22.6 Å². The van der Waals surface area contributed by atoms with E-state index in [2.05, 4.69) is 20.8 Å². The van der Waals surface area contributed by atoms with Crippen molar-refractivity contribution in [1.29, 1.82) is 5.26 Å². The molecular formula is C14H13N5O2. The zero-order valence-corrected chi connectivity index (χ0v) is 11.2. The number of carbonyl (C=O) groups excluding carboxylic acids is 1. The van der Waals surface area contributed by atoms with E-state index in [0.29, 0.717) is 17.1 Å². The van der Waals surface area contributed by atoms with Gasteiger partial charge in [0.25, 0.3) is 11.7 Å². The van der Waals surface area contributed by atoms with Crippen LogP contribution in [0, 0.1) is 11.3 Å². The first-order valence-electron chi connectivity index (χ1n) is 6.65. The SMILES string of the molecule is N#Cc1cccc(NC(=O)c2noc(C3CCCN3)n2)c1. The van der Waals surface area contributed by atoms with Gasteiger partial charge in [-0.1, -0.05) is 11.2 Å². The van der Waals surface area contributed by atoms with Crippen molar-refractivity contribution in [1.82, 2.24) is 15.5 Å². The van der Waals surface area contributed by atoms with Crippen LogP contribution < -0.4 is 10.6 Å². The Morgan fingerprint density at radius 1 is 1.52 bits per heavy atom. The molecule has 0 saturated carbocycles. The average molecular weight is 283 g/mol. The Balaban J connectivity index is 1.71. The highest BCUT2D eigenvalue weighted by Crippen LogP contribution is 2.21. The van der Waals surface area contributed by atoms with Crippen LogP contribution in [-0.2, 0) is 0 Å². The fourth-order valence-corrected chi connectivity index (χ4v) is 2.22. The van der Waals surface area contributed by atoms with Gasteiger partial charge >= 0.3 is 0 Å². The zero-order valence-electron chi connectivity index (χ0n) is 11.2. The number of anilines is 1. The van der Waals surface area contributed by atoms with Crippen molar-refractivity contribution in [3.05, 3.63) is 41.5 Å². The van der Waals surface area contributed by atoms with Gasteiger partial charge in [0.15, 0.2) is 0 Å². The van der Waals surface area contributed by atoms with Crippen molar-refractivity contribution in [2.75, 3.05) is 11.9 Å². The molecule has 2 aromatic rings.